The van der Waals surface area contributed by atoms with E-state index in [1.807, 2.05) is 0 Å². The van der Waals surface area contributed by atoms with Crippen LogP contribution in [0, 0.1) is 10.8 Å². The fraction of sp³-hybridized carbons (Fsp3) is 0.941. The Balaban J connectivity index is 2.67. The van der Waals surface area contributed by atoms with Gasteiger partial charge in [-0.15, -0.1) is 0 Å². The third-order valence-corrected chi connectivity index (χ3v) is 4.69. The predicted octanol–water partition coefficient (Wildman–Crippen LogP) is 4.44. The Bertz CT molecular complexity index is 316. The Labute approximate surface area is 129 Å². The highest BCUT2D eigenvalue weighted by molar-refractivity contribution is 5.65. The molecule has 21 heavy (non-hydrogen) atoms. The molecule has 0 aromatic rings. The van der Waals surface area contributed by atoms with E-state index < -0.39 is 6.09 Å². The van der Waals surface area contributed by atoms with E-state index in [-0.39, 0.29) is 16.9 Å². The van der Waals surface area contributed by atoms with Gasteiger partial charge in [0.1, 0.15) is 0 Å². The molecule has 4 heteroatoms. The second-order valence-corrected chi connectivity index (χ2v) is 7.69. The van der Waals surface area contributed by atoms with Crippen molar-refractivity contribution in [3.8, 4) is 0 Å². The van der Waals surface area contributed by atoms with Crippen molar-refractivity contribution in [3.63, 3.8) is 0 Å². The van der Waals surface area contributed by atoms with Crippen molar-refractivity contribution < 1.29 is 14.6 Å². The Morgan fingerprint density at radius 2 is 1.95 bits per heavy atom. The number of hydrogen-bond acceptors (Lipinski definition) is 2. The van der Waals surface area contributed by atoms with Crippen molar-refractivity contribution in [3.05, 3.63) is 0 Å². The zero-order valence-electron chi connectivity index (χ0n) is 14.2. The van der Waals surface area contributed by atoms with Crippen LogP contribution in [0.2, 0.25) is 0 Å². The van der Waals surface area contributed by atoms with E-state index in [0.29, 0.717) is 0 Å². The molecular formula is C17H33NO3. The van der Waals surface area contributed by atoms with Gasteiger partial charge in [0.25, 0.3) is 0 Å². The molecule has 0 aliphatic heterocycles. The molecule has 2 N–H and O–H groups in total. The summed E-state index contributed by atoms with van der Waals surface area (Å²) >= 11 is 0. The van der Waals surface area contributed by atoms with E-state index in [9.17, 15) is 4.79 Å². The second-order valence-electron chi connectivity index (χ2n) is 7.69. The molecule has 0 aromatic carbocycles. The quantitative estimate of drug-likeness (QED) is 0.652. The summed E-state index contributed by atoms with van der Waals surface area (Å²) < 4.78 is 5.90. The van der Waals surface area contributed by atoms with E-state index in [1.54, 1.807) is 0 Å². The molecule has 0 radical (unpaired) electrons. The van der Waals surface area contributed by atoms with E-state index in [4.69, 9.17) is 9.84 Å². The summed E-state index contributed by atoms with van der Waals surface area (Å²) in [5.74, 6) is 0. The molecule has 1 aliphatic carbocycles. The van der Waals surface area contributed by atoms with Crippen LogP contribution in [0.25, 0.3) is 0 Å². The van der Waals surface area contributed by atoms with Crippen LogP contribution in [0.5, 0.6) is 0 Å². The van der Waals surface area contributed by atoms with Gasteiger partial charge in [0, 0.05) is 12.6 Å². The fourth-order valence-corrected chi connectivity index (χ4v) is 3.22. The molecule has 4 nitrogen and oxygen atoms in total. The molecule has 1 fully saturated rings. The normalized spacial score (nSPS) is 19.4. The summed E-state index contributed by atoms with van der Waals surface area (Å²) in [4.78, 5) is 11.1. The van der Waals surface area contributed by atoms with Crippen molar-refractivity contribution in [1.82, 2.24) is 5.32 Å². The molecule has 1 atom stereocenters. The van der Waals surface area contributed by atoms with E-state index in [1.165, 1.54) is 12.8 Å². The van der Waals surface area contributed by atoms with Crippen molar-refractivity contribution in [1.29, 1.82) is 0 Å². The smallest absolute Gasteiger partial charge is 0.404 e. The number of hydrogen-bond donors (Lipinski definition) is 2. The number of rotatable bonds is 8. The van der Waals surface area contributed by atoms with Gasteiger partial charge in [-0.1, -0.05) is 47.0 Å². The number of ether oxygens (including phenoxy) is 1. The zero-order valence-corrected chi connectivity index (χ0v) is 14.2. The molecule has 0 spiro atoms. The van der Waals surface area contributed by atoms with Crippen LogP contribution >= 0.6 is 0 Å². The molecule has 1 saturated carbocycles. The molecule has 0 bridgehead atoms. The predicted molar refractivity (Wildman–Crippen MR) is 85.6 cm³/mol. The van der Waals surface area contributed by atoms with E-state index in [2.05, 4.69) is 33.0 Å². The first-order chi connectivity index (χ1) is 9.79. The second kappa shape index (κ2) is 8.02. The van der Waals surface area contributed by atoms with Crippen LogP contribution in [0.15, 0.2) is 0 Å². The Kier molecular flexibility index (Phi) is 6.98. The highest BCUT2D eigenvalue weighted by Gasteiger charge is 2.40. The topological polar surface area (TPSA) is 58.6 Å². The van der Waals surface area contributed by atoms with Gasteiger partial charge in [-0.25, -0.2) is 4.79 Å². The monoisotopic (exact) mass is 299 g/mol. The largest absolute Gasteiger partial charge is 0.465 e. The number of carboxylic acid groups (broad SMARTS) is 1. The maximum Gasteiger partial charge on any atom is 0.404 e. The number of carbonyl (C=O) groups is 1. The first-order valence-corrected chi connectivity index (χ1v) is 8.36. The molecule has 0 saturated heterocycles. The first-order valence-electron chi connectivity index (χ1n) is 8.36. The minimum absolute atomic E-state index is 0.0251. The van der Waals surface area contributed by atoms with Crippen LogP contribution < -0.4 is 5.32 Å². The lowest BCUT2D eigenvalue weighted by Crippen LogP contribution is -2.47. The maximum absolute atomic E-state index is 11.1. The molecular weight excluding hydrogens is 266 g/mol. The van der Waals surface area contributed by atoms with Crippen molar-refractivity contribution >= 4 is 6.09 Å². The van der Waals surface area contributed by atoms with Crippen molar-refractivity contribution in [2.24, 2.45) is 10.8 Å². The summed E-state index contributed by atoms with van der Waals surface area (Å²) in [6.07, 6.45) is 7.01. The van der Waals surface area contributed by atoms with Gasteiger partial charge in [0.05, 0.1) is 6.61 Å². The summed E-state index contributed by atoms with van der Waals surface area (Å²) in [5.41, 5.74) is 0.0888. The van der Waals surface area contributed by atoms with Crippen LogP contribution in [-0.2, 0) is 4.74 Å². The highest BCUT2D eigenvalue weighted by Crippen LogP contribution is 2.44. The van der Waals surface area contributed by atoms with Gasteiger partial charge in [-0.3, -0.25) is 0 Å². The number of nitrogens with one attached hydrogen (secondary N) is 1. The maximum atomic E-state index is 11.1. The molecule has 1 rings (SSSR count). The summed E-state index contributed by atoms with van der Waals surface area (Å²) in [5, 5.41) is 11.8. The van der Waals surface area contributed by atoms with Crippen molar-refractivity contribution in [2.45, 2.75) is 78.7 Å². The fourth-order valence-electron chi connectivity index (χ4n) is 3.22. The third kappa shape index (κ3) is 6.25. The highest BCUT2D eigenvalue weighted by atomic mass is 16.5. The molecule has 1 amide bonds. The SMILES string of the molecule is CCCCOCC1(CC(NC(=O)O)C(C)(C)C)CCCC1. The zero-order chi connectivity index (χ0) is 15.9. The lowest BCUT2D eigenvalue weighted by atomic mass is 9.73. The minimum atomic E-state index is -0.921. The van der Waals surface area contributed by atoms with E-state index >= 15 is 0 Å². The standard InChI is InChI=1S/C17H33NO3/c1-5-6-11-21-13-17(9-7-8-10-17)12-14(16(2,3)4)18-15(19)20/h14,18H,5-13H2,1-4H3,(H,19,20). The lowest BCUT2D eigenvalue weighted by Gasteiger charge is -2.38. The average molecular weight is 299 g/mol. The minimum Gasteiger partial charge on any atom is -0.465 e. The summed E-state index contributed by atoms with van der Waals surface area (Å²) in [6, 6.07) is -0.0251. The average Bonchev–Trinajstić information content (AvgIpc) is 2.81. The van der Waals surface area contributed by atoms with Crippen LogP contribution in [0.1, 0.15) is 72.6 Å². The molecule has 0 aromatic heterocycles. The molecule has 1 unspecified atom stereocenters. The number of unbranched alkanes of at least 4 members (excludes halogenated alkanes) is 1. The molecule has 1 aliphatic rings. The van der Waals surface area contributed by atoms with Gasteiger partial charge < -0.3 is 15.2 Å². The van der Waals surface area contributed by atoms with Crippen LogP contribution in [-0.4, -0.2) is 30.5 Å². The number of amides is 1. The molecule has 124 valence electrons. The van der Waals surface area contributed by atoms with Crippen LogP contribution in [0.3, 0.4) is 0 Å². The Morgan fingerprint density at radius 1 is 1.33 bits per heavy atom. The summed E-state index contributed by atoms with van der Waals surface area (Å²) in [7, 11) is 0. The summed E-state index contributed by atoms with van der Waals surface area (Å²) in [6.45, 7) is 10.1. The lowest BCUT2D eigenvalue weighted by molar-refractivity contribution is 0.0246. The van der Waals surface area contributed by atoms with Gasteiger partial charge >= 0.3 is 6.09 Å². The van der Waals surface area contributed by atoms with Gasteiger partial charge in [0.2, 0.25) is 0 Å². The Hall–Kier alpha value is -0.770. The van der Waals surface area contributed by atoms with Gasteiger partial charge in [-0.2, -0.15) is 0 Å². The van der Waals surface area contributed by atoms with Gasteiger partial charge in [-0.05, 0) is 36.5 Å². The molecule has 0 heterocycles. The van der Waals surface area contributed by atoms with E-state index in [0.717, 1.165) is 45.3 Å². The van der Waals surface area contributed by atoms with Crippen molar-refractivity contribution in [2.75, 3.05) is 13.2 Å². The van der Waals surface area contributed by atoms with Gasteiger partial charge in [0.15, 0.2) is 0 Å². The third-order valence-electron chi connectivity index (χ3n) is 4.69. The first kappa shape index (κ1) is 18.3. The van der Waals surface area contributed by atoms with Crippen LogP contribution in [0.4, 0.5) is 4.79 Å². The Morgan fingerprint density at radius 3 is 2.43 bits per heavy atom.